The number of fused-ring (bicyclic) bond motifs is 3. The van der Waals surface area contributed by atoms with Crippen LogP contribution in [0.25, 0.3) is 0 Å². The maximum Gasteiger partial charge on any atom is 0.142 e. The van der Waals surface area contributed by atoms with Crippen molar-refractivity contribution in [1.29, 1.82) is 0 Å². The van der Waals surface area contributed by atoms with Crippen LogP contribution in [0.2, 0.25) is 0 Å². The summed E-state index contributed by atoms with van der Waals surface area (Å²) in [5, 5.41) is 10.6. The van der Waals surface area contributed by atoms with E-state index in [-0.39, 0.29) is 12.0 Å². The number of rotatable bonds is 2. The van der Waals surface area contributed by atoms with Crippen molar-refractivity contribution in [3.05, 3.63) is 82.9 Å². The van der Waals surface area contributed by atoms with Gasteiger partial charge in [-0.25, -0.2) is 0 Å². The molecule has 3 heterocycles. The van der Waals surface area contributed by atoms with Crippen LogP contribution in [0.4, 0.5) is 11.4 Å². The van der Waals surface area contributed by atoms with Gasteiger partial charge in [0.05, 0.1) is 18.9 Å². The minimum absolute atomic E-state index is 0.00761. The Bertz CT molecular complexity index is 1120. The second kappa shape index (κ2) is 8.96. The number of hydrogen-bond acceptors (Lipinski definition) is 6. The van der Waals surface area contributed by atoms with E-state index in [9.17, 15) is 0 Å². The average Bonchev–Trinajstić information content (AvgIpc) is 3.31. The standard InChI is InChI=1S/C27H29N3O3/c1-2-4-26-23(3-1)29-14-22(17-32-26)18-5-6-20-16-33-27(15-30-24(20)12-18)19-7-8-25-21(11-19)13-28-9-10-31-25/h1-8,11-12,22,27-30H,9-10,13-17H2. The fourth-order valence-electron chi connectivity index (χ4n) is 4.77. The molecule has 0 aliphatic carbocycles. The Labute approximate surface area is 194 Å². The van der Waals surface area contributed by atoms with Crippen molar-refractivity contribution in [2.24, 2.45) is 0 Å². The highest BCUT2D eigenvalue weighted by Gasteiger charge is 2.23. The van der Waals surface area contributed by atoms with E-state index in [0.29, 0.717) is 19.8 Å². The van der Waals surface area contributed by atoms with Crippen LogP contribution in [0.1, 0.15) is 34.3 Å². The van der Waals surface area contributed by atoms with E-state index in [1.807, 2.05) is 18.2 Å². The van der Waals surface area contributed by atoms with Gasteiger partial charge in [0.25, 0.3) is 0 Å². The molecule has 0 aromatic heterocycles. The average molecular weight is 444 g/mol. The first-order chi connectivity index (χ1) is 16.3. The molecule has 0 saturated carbocycles. The summed E-state index contributed by atoms with van der Waals surface area (Å²) < 4.78 is 18.2. The zero-order chi connectivity index (χ0) is 22.0. The van der Waals surface area contributed by atoms with E-state index in [1.165, 1.54) is 22.3 Å². The first-order valence-corrected chi connectivity index (χ1v) is 11.7. The molecule has 3 aromatic carbocycles. The molecule has 3 aliphatic rings. The highest BCUT2D eigenvalue weighted by molar-refractivity contribution is 5.58. The summed E-state index contributed by atoms with van der Waals surface area (Å²) >= 11 is 0. The van der Waals surface area contributed by atoms with E-state index in [4.69, 9.17) is 14.2 Å². The molecule has 33 heavy (non-hydrogen) atoms. The topological polar surface area (TPSA) is 63.8 Å². The molecule has 0 saturated heterocycles. The molecule has 0 amide bonds. The Morgan fingerprint density at radius 3 is 2.67 bits per heavy atom. The van der Waals surface area contributed by atoms with Crippen molar-refractivity contribution < 1.29 is 14.2 Å². The predicted octanol–water partition coefficient (Wildman–Crippen LogP) is 4.44. The van der Waals surface area contributed by atoms with Crippen LogP contribution in [-0.2, 0) is 17.9 Å². The summed E-state index contributed by atoms with van der Waals surface area (Å²) in [6.07, 6.45) is -0.00761. The van der Waals surface area contributed by atoms with E-state index < -0.39 is 0 Å². The van der Waals surface area contributed by atoms with Crippen molar-refractivity contribution in [2.75, 3.05) is 43.5 Å². The number of hydrogen-bond donors (Lipinski definition) is 3. The quantitative estimate of drug-likeness (QED) is 0.544. The molecule has 3 aliphatic heterocycles. The smallest absolute Gasteiger partial charge is 0.142 e. The van der Waals surface area contributed by atoms with Gasteiger partial charge in [-0.05, 0) is 41.5 Å². The van der Waals surface area contributed by atoms with Crippen LogP contribution in [-0.4, -0.2) is 32.8 Å². The summed E-state index contributed by atoms with van der Waals surface area (Å²) in [5.41, 5.74) is 7.04. The molecule has 0 radical (unpaired) electrons. The normalized spacial score (nSPS) is 21.8. The van der Waals surface area contributed by atoms with Crippen LogP contribution in [0.5, 0.6) is 11.5 Å². The Morgan fingerprint density at radius 2 is 1.67 bits per heavy atom. The van der Waals surface area contributed by atoms with Gasteiger partial charge in [-0.15, -0.1) is 0 Å². The van der Waals surface area contributed by atoms with Crippen LogP contribution in [0.15, 0.2) is 60.7 Å². The number of benzene rings is 3. The summed E-state index contributed by atoms with van der Waals surface area (Å²) in [7, 11) is 0. The molecule has 6 heteroatoms. The summed E-state index contributed by atoms with van der Waals surface area (Å²) in [6, 6.07) is 21.2. The first-order valence-electron chi connectivity index (χ1n) is 11.7. The van der Waals surface area contributed by atoms with Crippen molar-refractivity contribution in [2.45, 2.75) is 25.2 Å². The molecule has 2 unspecified atom stereocenters. The van der Waals surface area contributed by atoms with Crippen molar-refractivity contribution >= 4 is 11.4 Å². The van der Waals surface area contributed by atoms with Crippen LogP contribution in [0, 0.1) is 0 Å². The van der Waals surface area contributed by atoms with Crippen LogP contribution < -0.4 is 25.4 Å². The maximum atomic E-state index is 6.32. The van der Waals surface area contributed by atoms with Gasteiger partial charge in [-0.3, -0.25) is 0 Å². The van der Waals surface area contributed by atoms with Crippen LogP contribution in [0.3, 0.4) is 0 Å². The Balaban J connectivity index is 1.17. The van der Waals surface area contributed by atoms with E-state index >= 15 is 0 Å². The lowest BCUT2D eigenvalue weighted by Gasteiger charge is -2.18. The number of para-hydroxylation sites is 2. The third-order valence-corrected chi connectivity index (χ3v) is 6.70. The lowest BCUT2D eigenvalue weighted by molar-refractivity contribution is 0.0523. The lowest BCUT2D eigenvalue weighted by atomic mass is 9.97. The molecule has 170 valence electrons. The van der Waals surface area contributed by atoms with E-state index in [2.05, 4.69) is 58.4 Å². The van der Waals surface area contributed by atoms with Gasteiger partial charge < -0.3 is 30.2 Å². The zero-order valence-electron chi connectivity index (χ0n) is 18.6. The molecule has 3 N–H and O–H groups in total. The SMILES string of the molecule is c1ccc2c(c1)NCC(c1ccc3c(c1)NCC(c1ccc4c(c1)CNCCO4)OC3)CO2. The van der Waals surface area contributed by atoms with Gasteiger partial charge >= 0.3 is 0 Å². The molecule has 0 spiro atoms. The van der Waals surface area contributed by atoms with Gasteiger partial charge in [0.15, 0.2) is 0 Å². The highest BCUT2D eigenvalue weighted by atomic mass is 16.5. The van der Waals surface area contributed by atoms with Crippen molar-refractivity contribution in [3.63, 3.8) is 0 Å². The monoisotopic (exact) mass is 443 g/mol. The zero-order valence-corrected chi connectivity index (χ0v) is 18.6. The summed E-state index contributed by atoms with van der Waals surface area (Å²) in [6.45, 7) is 5.23. The van der Waals surface area contributed by atoms with E-state index in [1.54, 1.807) is 0 Å². The van der Waals surface area contributed by atoms with E-state index in [0.717, 1.165) is 49.1 Å². The second-order valence-electron chi connectivity index (χ2n) is 8.87. The number of anilines is 2. The molecule has 0 bridgehead atoms. The molecule has 6 nitrogen and oxygen atoms in total. The molecule has 6 rings (SSSR count). The molecular formula is C27H29N3O3. The van der Waals surface area contributed by atoms with Gasteiger partial charge in [0.2, 0.25) is 0 Å². The fraction of sp³-hybridized carbons (Fsp3) is 0.333. The van der Waals surface area contributed by atoms with Crippen molar-refractivity contribution in [1.82, 2.24) is 5.32 Å². The summed E-state index contributed by atoms with van der Waals surface area (Å²) in [4.78, 5) is 0. The third kappa shape index (κ3) is 4.24. The predicted molar refractivity (Wildman–Crippen MR) is 129 cm³/mol. The van der Waals surface area contributed by atoms with Gasteiger partial charge in [0.1, 0.15) is 24.2 Å². The molecular weight excluding hydrogens is 414 g/mol. The molecule has 0 fully saturated rings. The van der Waals surface area contributed by atoms with Gasteiger partial charge in [-0.2, -0.15) is 0 Å². The fourth-order valence-corrected chi connectivity index (χ4v) is 4.77. The Hall–Kier alpha value is -3.22. The number of ether oxygens (including phenoxy) is 3. The van der Waals surface area contributed by atoms with Crippen molar-refractivity contribution in [3.8, 4) is 11.5 Å². The Kier molecular flexibility index (Phi) is 5.54. The number of nitrogens with one attached hydrogen (secondary N) is 3. The molecule has 3 aromatic rings. The minimum atomic E-state index is -0.00761. The van der Waals surface area contributed by atoms with Crippen LogP contribution >= 0.6 is 0 Å². The third-order valence-electron chi connectivity index (χ3n) is 6.70. The first kappa shape index (κ1) is 20.4. The lowest BCUT2D eigenvalue weighted by Crippen LogP contribution is -2.17. The minimum Gasteiger partial charge on any atom is -0.492 e. The van der Waals surface area contributed by atoms with Gasteiger partial charge in [0, 0.05) is 48.9 Å². The Morgan fingerprint density at radius 1 is 0.758 bits per heavy atom. The largest absolute Gasteiger partial charge is 0.492 e. The molecule has 2 atom stereocenters. The van der Waals surface area contributed by atoms with Gasteiger partial charge in [-0.1, -0.05) is 30.3 Å². The summed E-state index contributed by atoms with van der Waals surface area (Å²) in [5.74, 6) is 2.17. The second-order valence-corrected chi connectivity index (χ2v) is 8.87. The maximum absolute atomic E-state index is 6.32. The highest BCUT2D eigenvalue weighted by Crippen LogP contribution is 2.34.